The van der Waals surface area contributed by atoms with E-state index in [9.17, 15) is 18.5 Å². The summed E-state index contributed by atoms with van der Waals surface area (Å²) < 4.78 is 28.6. The first-order valence-corrected chi connectivity index (χ1v) is 8.97. The van der Waals surface area contributed by atoms with E-state index in [1.54, 1.807) is 0 Å². The summed E-state index contributed by atoms with van der Waals surface area (Å²) in [6.07, 6.45) is 4.20. The molecule has 0 unspecified atom stereocenters. The van der Waals surface area contributed by atoms with E-state index in [4.69, 9.17) is 0 Å². The molecule has 0 amide bonds. The van der Waals surface area contributed by atoms with Crippen molar-refractivity contribution in [3.8, 4) is 0 Å². The fourth-order valence-corrected chi connectivity index (χ4v) is 3.79. The smallest absolute Gasteiger partial charge is 0.269 e. The molecule has 2 aromatic heterocycles. The number of nitro groups is 1. The third kappa shape index (κ3) is 3.38. The lowest BCUT2D eigenvalue weighted by Crippen LogP contribution is -2.26. The Kier molecular flexibility index (Phi) is 4.11. The lowest BCUT2D eigenvalue weighted by Gasteiger charge is -2.05. The quantitative estimate of drug-likeness (QED) is 0.538. The summed E-state index contributed by atoms with van der Waals surface area (Å²) in [5.41, 5.74) is 0.644. The van der Waals surface area contributed by atoms with Crippen molar-refractivity contribution in [2.45, 2.75) is 11.3 Å². The zero-order valence-electron chi connectivity index (χ0n) is 11.7. The second-order valence-corrected chi connectivity index (χ2v) is 7.36. The first kappa shape index (κ1) is 15.6. The van der Waals surface area contributed by atoms with Crippen LogP contribution in [0.4, 0.5) is 5.69 Å². The molecule has 10 heteroatoms. The highest BCUT2D eigenvalue weighted by molar-refractivity contribution is 7.89. The van der Waals surface area contributed by atoms with Gasteiger partial charge in [-0.25, -0.2) is 18.1 Å². The van der Waals surface area contributed by atoms with Crippen LogP contribution in [0.25, 0.3) is 4.96 Å². The van der Waals surface area contributed by atoms with Crippen molar-refractivity contribution < 1.29 is 13.3 Å². The highest BCUT2D eigenvalue weighted by Crippen LogP contribution is 2.16. The van der Waals surface area contributed by atoms with Crippen LogP contribution in [-0.2, 0) is 16.4 Å². The molecule has 0 saturated carbocycles. The Morgan fingerprint density at radius 1 is 1.30 bits per heavy atom. The van der Waals surface area contributed by atoms with Gasteiger partial charge in [0.15, 0.2) is 4.96 Å². The molecule has 0 aliphatic heterocycles. The third-order valence-electron chi connectivity index (χ3n) is 3.17. The predicted molar refractivity (Wildman–Crippen MR) is 85.1 cm³/mol. The van der Waals surface area contributed by atoms with Crippen molar-refractivity contribution in [2.24, 2.45) is 0 Å². The topological polar surface area (TPSA) is 107 Å². The van der Waals surface area contributed by atoms with E-state index in [0.29, 0.717) is 6.42 Å². The van der Waals surface area contributed by atoms with Crippen molar-refractivity contribution >= 4 is 32.0 Å². The van der Waals surface area contributed by atoms with Gasteiger partial charge in [0, 0.05) is 42.9 Å². The molecule has 0 aliphatic carbocycles. The average Bonchev–Trinajstić information content (AvgIpc) is 3.08. The zero-order valence-corrected chi connectivity index (χ0v) is 13.4. The maximum absolute atomic E-state index is 12.1. The molecule has 23 heavy (non-hydrogen) atoms. The number of imidazole rings is 1. The third-order valence-corrected chi connectivity index (χ3v) is 5.42. The van der Waals surface area contributed by atoms with E-state index in [1.165, 1.54) is 23.5 Å². The van der Waals surface area contributed by atoms with Gasteiger partial charge in [-0.2, -0.15) is 0 Å². The second-order valence-electron chi connectivity index (χ2n) is 4.72. The summed E-state index contributed by atoms with van der Waals surface area (Å²) in [6.45, 7) is 0.199. The summed E-state index contributed by atoms with van der Waals surface area (Å²) in [5.74, 6) is 0. The van der Waals surface area contributed by atoms with Gasteiger partial charge in [-0.3, -0.25) is 14.5 Å². The highest BCUT2D eigenvalue weighted by atomic mass is 32.2. The van der Waals surface area contributed by atoms with Gasteiger partial charge in [0.25, 0.3) is 5.69 Å². The zero-order chi connectivity index (χ0) is 16.4. The van der Waals surface area contributed by atoms with Crippen molar-refractivity contribution in [1.82, 2.24) is 14.1 Å². The van der Waals surface area contributed by atoms with Crippen LogP contribution >= 0.6 is 11.3 Å². The molecule has 1 aromatic carbocycles. The van der Waals surface area contributed by atoms with E-state index in [0.717, 1.165) is 22.8 Å². The Morgan fingerprint density at radius 2 is 2.04 bits per heavy atom. The fourth-order valence-electron chi connectivity index (χ4n) is 2.04. The summed E-state index contributed by atoms with van der Waals surface area (Å²) in [7, 11) is -3.69. The first-order chi connectivity index (χ1) is 11.0. The van der Waals surface area contributed by atoms with E-state index in [-0.39, 0.29) is 17.1 Å². The van der Waals surface area contributed by atoms with Crippen LogP contribution in [-0.4, -0.2) is 29.3 Å². The summed E-state index contributed by atoms with van der Waals surface area (Å²) in [4.78, 5) is 15.2. The van der Waals surface area contributed by atoms with E-state index in [1.807, 2.05) is 22.2 Å². The molecule has 3 aromatic rings. The summed E-state index contributed by atoms with van der Waals surface area (Å²) in [6, 6.07) is 4.76. The Balaban J connectivity index is 1.64. The van der Waals surface area contributed by atoms with Crippen molar-refractivity contribution in [2.75, 3.05) is 6.54 Å². The van der Waals surface area contributed by atoms with E-state index in [2.05, 4.69) is 9.71 Å². The molecule has 0 saturated heterocycles. The molecule has 0 atom stereocenters. The average molecular weight is 352 g/mol. The van der Waals surface area contributed by atoms with Crippen molar-refractivity contribution in [3.63, 3.8) is 0 Å². The van der Waals surface area contributed by atoms with Crippen LogP contribution in [0.1, 0.15) is 5.69 Å². The molecule has 0 bridgehead atoms. The van der Waals surface area contributed by atoms with Crippen LogP contribution in [0, 0.1) is 10.1 Å². The van der Waals surface area contributed by atoms with Crippen LogP contribution in [0.5, 0.6) is 0 Å². The molecule has 0 radical (unpaired) electrons. The SMILES string of the molecule is O=[N+]([O-])c1ccc(S(=O)(=O)NCCc2cn3ccsc3n2)cc1. The lowest BCUT2D eigenvalue weighted by molar-refractivity contribution is -0.384. The van der Waals surface area contributed by atoms with Crippen LogP contribution in [0.15, 0.2) is 46.9 Å². The number of nitrogens with one attached hydrogen (secondary N) is 1. The number of sulfonamides is 1. The number of hydrogen-bond acceptors (Lipinski definition) is 6. The second kappa shape index (κ2) is 6.07. The van der Waals surface area contributed by atoms with Gasteiger partial charge in [-0.15, -0.1) is 11.3 Å². The number of fused-ring (bicyclic) bond motifs is 1. The van der Waals surface area contributed by atoms with Gasteiger partial charge in [0.1, 0.15) is 0 Å². The standard InChI is InChI=1S/C13H12N4O4S2/c18-17(19)11-1-3-12(4-2-11)23(20,21)14-6-5-10-9-16-7-8-22-13(16)15-10/h1-4,7-9,14H,5-6H2. The van der Waals surface area contributed by atoms with Gasteiger partial charge >= 0.3 is 0 Å². The number of thiazole rings is 1. The predicted octanol–water partition coefficient (Wildman–Crippen LogP) is 1.82. The highest BCUT2D eigenvalue weighted by Gasteiger charge is 2.15. The Labute approximate surface area is 135 Å². The van der Waals surface area contributed by atoms with Crippen LogP contribution in [0.3, 0.4) is 0 Å². The minimum atomic E-state index is -3.69. The Hall–Kier alpha value is -2.30. The van der Waals surface area contributed by atoms with Crippen LogP contribution in [0.2, 0.25) is 0 Å². The summed E-state index contributed by atoms with van der Waals surface area (Å²) in [5, 5.41) is 12.5. The number of aromatic nitrogens is 2. The molecule has 120 valence electrons. The fraction of sp³-hybridized carbons (Fsp3) is 0.154. The van der Waals surface area contributed by atoms with Gasteiger partial charge in [-0.05, 0) is 12.1 Å². The number of nitrogens with zero attached hydrogens (tertiary/aromatic N) is 3. The largest absolute Gasteiger partial charge is 0.297 e. The Bertz CT molecular complexity index is 915. The maximum atomic E-state index is 12.1. The number of nitro benzene ring substituents is 1. The molecular weight excluding hydrogens is 340 g/mol. The lowest BCUT2D eigenvalue weighted by atomic mass is 10.3. The van der Waals surface area contributed by atoms with E-state index >= 15 is 0 Å². The van der Waals surface area contributed by atoms with Gasteiger partial charge in [0.05, 0.1) is 15.5 Å². The van der Waals surface area contributed by atoms with Gasteiger partial charge in [0.2, 0.25) is 10.0 Å². The van der Waals surface area contributed by atoms with Crippen LogP contribution < -0.4 is 4.72 Å². The normalized spacial score (nSPS) is 11.8. The molecule has 0 fully saturated rings. The number of hydrogen-bond donors (Lipinski definition) is 1. The number of non-ortho nitro benzene ring substituents is 1. The van der Waals surface area contributed by atoms with E-state index < -0.39 is 14.9 Å². The van der Waals surface area contributed by atoms with Gasteiger partial charge < -0.3 is 0 Å². The molecule has 2 heterocycles. The molecule has 8 nitrogen and oxygen atoms in total. The molecule has 3 rings (SSSR count). The number of benzene rings is 1. The summed E-state index contributed by atoms with van der Waals surface area (Å²) >= 11 is 1.51. The van der Waals surface area contributed by atoms with Gasteiger partial charge in [-0.1, -0.05) is 0 Å². The Morgan fingerprint density at radius 3 is 2.70 bits per heavy atom. The van der Waals surface area contributed by atoms with Crippen molar-refractivity contribution in [3.05, 3.63) is 57.8 Å². The minimum absolute atomic E-state index is 0.00563. The monoisotopic (exact) mass is 352 g/mol. The maximum Gasteiger partial charge on any atom is 0.269 e. The molecule has 0 spiro atoms. The molecule has 1 N–H and O–H groups in total. The molecule has 0 aliphatic rings. The first-order valence-electron chi connectivity index (χ1n) is 6.61. The minimum Gasteiger partial charge on any atom is -0.297 e. The number of rotatable bonds is 6. The van der Waals surface area contributed by atoms with Crippen molar-refractivity contribution in [1.29, 1.82) is 0 Å². The molecular formula is C13H12N4O4S2.